The zero-order valence-electron chi connectivity index (χ0n) is 11.9. The van der Waals surface area contributed by atoms with Gasteiger partial charge in [0.1, 0.15) is 5.54 Å². The predicted molar refractivity (Wildman–Crippen MR) is 82.4 cm³/mol. The van der Waals surface area contributed by atoms with E-state index >= 15 is 0 Å². The van der Waals surface area contributed by atoms with Crippen LogP contribution >= 0.6 is 0 Å². The van der Waals surface area contributed by atoms with Gasteiger partial charge in [0.2, 0.25) is 5.91 Å². The van der Waals surface area contributed by atoms with Crippen LogP contribution in [0.1, 0.15) is 25.0 Å². The lowest BCUT2D eigenvalue weighted by atomic mass is 9.90. The first-order chi connectivity index (χ1) is 9.56. The number of primary amides is 1. The van der Waals surface area contributed by atoms with Gasteiger partial charge in [-0.15, -0.1) is 0 Å². The lowest BCUT2D eigenvalue weighted by Gasteiger charge is -2.29. The summed E-state index contributed by atoms with van der Waals surface area (Å²) in [6, 6.07) is 17.6. The van der Waals surface area contributed by atoms with Crippen LogP contribution in [0.5, 0.6) is 0 Å². The molecule has 0 spiro atoms. The molecule has 3 N–H and O–H groups in total. The Morgan fingerprint density at radius 1 is 1.10 bits per heavy atom. The molecule has 2 aromatic rings. The van der Waals surface area contributed by atoms with Crippen molar-refractivity contribution in [2.45, 2.75) is 25.8 Å². The van der Waals surface area contributed by atoms with Crippen LogP contribution in [-0.2, 0) is 16.8 Å². The van der Waals surface area contributed by atoms with Crippen LogP contribution in [0.2, 0.25) is 0 Å². The minimum atomic E-state index is -0.923. The zero-order valence-corrected chi connectivity index (χ0v) is 11.9. The number of anilines is 1. The third-order valence-corrected chi connectivity index (χ3v) is 3.60. The van der Waals surface area contributed by atoms with Crippen molar-refractivity contribution in [3.05, 3.63) is 65.7 Å². The number of rotatable bonds is 5. The Morgan fingerprint density at radius 3 is 2.20 bits per heavy atom. The molecule has 3 heteroatoms. The molecule has 1 unspecified atom stereocenters. The van der Waals surface area contributed by atoms with E-state index in [9.17, 15) is 4.79 Å². The third kappa shape index (κ3) is 2.82. The summed E-state index contributed by atoms with van der Waals surface area (Å²) in [7, 11) is 0. The average molecular weight is 268 g/mol. The number of carbonyl (C=O) groups excluding carboxylic acids is 1. The number of hydrogen-bond donors (Lipinski definition) is 2. The molecule has 2 rings (SSSR count). The molecule has 104 valence electrons. The monoisotopic (exact) mass is 268 g/mol. The van der Waals surface area contributed by atoms with Crippen LogP contribution in [0.15, 0.2) is 54.6 Å². The second-order valence-corrected chi connectivity index (χ2v) is 5.03. The van der Waals surface area contributed by atoms with Crippen LogP contribution in [-0.4, -0.2) is 5.91 Å². The van der Waals surface area contributed by atoms with Gasteiger partial charge in [-0.25, -0.2) is 0 Å². The Kier molecular flexibility index (Phi) is 4.08. The molecule has 0 bridgehead atoms. The molecule has 0 radical (unpaired) electrons. The summed E-state index contributed by atoms with van der Waals surface area (Å²) in [5, 5.41) is 3.23. The minimum Gasteiger partial charge on any atom is -0.368 e. The van der Waals surface area contributed by atoms with Gasteiger partial charge in [0.05, 0.1) is 0 Å². The van der Waals surface area contributed by atoms with Crippen molar-refractivity contribution in [1.82, 2.24) is 0 Å². The molecule has 1 amide bonds. The van der Waals surface area contributed by atoms with Crippen LogP contribution in [0.4, 0.5) is 5.69 Å². The van der Waals surface area contributed by atoms with Crippen molar-refractivity contribution in [2.75, 3.05) is 5.32 Å². The van der Waals surface area contributed by atoms with Crippen molar-refractivity contribution in [1.29, 1.82) is 0 Å². The number of benzene rings is 2. The molecular formula is C17H20N2O. The van der Waals surface area contributed by atoms with Crippen molar-refractivity contribution < 1.29 is 4.79 Å². The van der Waals surface area contributed by atoms with Crippen molar-refractivity contribution in [3.8, 4) is 0 Å². The van der Waals surface area contributed by atoms with E-state index in [0.717, 1.165) is 17.7 Å². The van der Waals surface area contributed by atoms with E-state index in [2.05, 4.69) is 12.2 Å². The largest absolute Gasteiger partial charge is 0.368 e. The van der Waals surface area contributed by atoms with Gasteiger partial charge in [-0.3, -0.25) is 4.79 Å². The van der Waals surface area contributed by atoms with Crippen molar-refractivity contribution in [3.63, 3.8) is 0 Å². The Morgan fingerprint density at radius 2 is 1.70 bits per heavy atom. The molecule has 0 aliphatic rings. The topological polar surface area (TPSA) is 55.1 Å². The van der Waals surface area contributed by atoms with Crippen molar-refractivity contribution in [2.24, 2.45) is 5.73 Å². The van der Waals surface area contributed by atoms with E-state index in [-0.39, 0.29) is 0 Å². The Bertz CT molecular complexity index is 578. The van der Waals surface area contributed by atoms with E-state index in [0.29, 0.717) is 0 Å². The first-order valence-corrected chi connectivity index (χ1v) is 6.79. The van der Waals surface area contributed by atoms with Gasteiger partial charge in [0, 0.05) is 5.69 Å². The predicted octanol–water partition coefficient (Wildman–Crippen LogP) is 3.06. The van der Waals surface area contributed by atoms with Gasteiger partial charge in [-0.1, -0.05) is 49.4 Å². The Hall–Kier alpha value is -2.29. The standard InChI is InChI=1S/C17H20N2O/c1-3-13-9-11-14(12-10-13)17(2,16(18)20)19-15-7-5-4-6-8-15/h4-12,19H,3H2,1-2H3,(H2,18,20). The number of carbonyl (C=O) groups is 1. The maximum atomic E-state index is 11.9. The third-order valence-electron chi connectivity index (χ3n) is 3.60. The molecule has 0 saturated heterocycles. The van der Waals surface area contributed by atoms with Crippen molar-refractivity contribution >= 4 is 11.6 Å². The summed E-state index contributed by atoms with van der Waals surface area (Å²) >= 11 is 0. The number of amides is 1. The highest BCUT2D eigenvalue weighted by molar-refractivity contribution is 5.89. The maximum absolute atomic E-state index is 11.9. The molecule has 20 heavy (non-hydrogen) atoms. The van der Waals surface area contributed by atoms with E-state index in [1.807, 2.05) is 61.5 Å². The lowest BCUT2D eigenvalue weighted by molar-refractivity contribution is -0.122. The molecule has 0 saturated carbocycles. The van der Waals surface area contributed by atoms with Gasteiger partial charge in [0.25, 0.3) is 0 Å². The highest BCUT2D eigenvalue weighted by Gasteiger charge is 2.33. The molecule has 0 aliphatic carbocycles. The second-order valence-electron chi connectivity index (χ2n) is 5.03. The van der Waals surface area contributed by atoms with Crippen LogP contribution in [0.25, 0.3) is 0 Å². The fourth-order valence-electron chi connectivity index (χ4n) is 2.16. The first-order valence-electron chi connectivity index (χ1n) is 6.79. The number of hydrogen-bond acceptors (Lipinski definition) is 2. The van der Waals surface area contributed by atoms with Gasteiger partial charge >= 0.3 is 0 Å². The first kappa shape index (κ1) is 14.1. The van der Waals surface area contributed by atoms with E-state index < -0.39 is 11.4 Å². The van der Waals surface area contributed by atoms with Crippen LogP contribution < -0.4 is 11.1 Å². The molecule has 0 fully saturated rings. The van der Waals surface area contributed by atoms with Gasteiger partial charge in [-0.05, 0) is 36.6 Å². The summed E-state index contributed by atoms with van der Waals surface area (Å²) in [4.78, 5) is 11.9. The average Bonchev–Trinajstić information content (AvgIpc) is 2.48. The summed E-state index contributed by atoms with van der Waals surface area (Å²) in [6.45, 7) is 3.91. The van der Waals surface area contributed by atoms with Gasteiger partial charge in [-0.2, -0.15) is 0 Å². The van der Waals surface area contributed by atoms with Crippen LogP contribution in [0, 0.1) is 0 Å². The summed E-state index contributed by atoms with van der Waals surface area (Å²) in [5.41, 5.74) is 7.67. The number of para-hydroxylation sites is 1. The Balaban J connectivity index is 2.35. The smallest absolute Gasteiger partial charge is 0.247 e. The fraction of sp³-hybridized carbons (Fsp3) is 0.235. The molecule has 2 aromatic carbocycles. The molecule has 0 aliphatic heterocycles. The normalized spacial score (nSPS) is 13.5. The summed E-state index contributed by atoms with van der Waals surface area (Å²) < 4.78 is 0. The fourth-order valence-corrected chi connectivity index (χ4v) is 2.16. The SMILES string of the molecule is CCc1ccc(C(C)(Nc2ccccc2)C(N)=O)cc1. The minimum absolute atomic E-state index is 0.398. The molecule has 3 nitrogen and oxygen atoms in total. The van der Waals surface area contributed by atoms with Gasteiger partial charge in [0.15, 0.2) is 0 Å². The van der Waals surface area contributed by atoms with E-state index in [1.54, 1.807) is 0 Å². The zero-order chi connectivity index (χ0) is 14.6. The quantitative estimate of drug-likeness (QED) is 0.875. The number of aryl methyl sites for hydroxylation is 1. The van der Waals surface area contributed by atoms with E-state index in [4.69, 9.17) is 5.73 Å². The lowest BCUT2D eigenvalue weighted by Crippen LogP contribution is -2.45. The summed E-state index contributed by atoms with van der Waals surface area (Å²) in [5.74, 6) is -0.398. The summed E-state index contributed by atoms with van der Waals surface area (Å²) in [6.07, 6.45) is 0.972. The van der Waals surface area contributed by atoms with Gasteiger partial charge < -0.3 is 11.1 Å². The van der Waals surface area contributed by atoms with Crippen LogP contribution in [0.3, 0.4) is 0 Å². The Labute approximate surface area is 119 Å². The van der Waals surface area contributed by atoms with E-state index in [1.165, 1.54) is 5.56 Å². The highest BCUT2D eigenvalue weighted by atomic mass is 16.1. The highest BCUT2D eigenvalue weighted by Crippen LogP contribution is 2.26. The molecular weight excluding hydrogens is 248 g/mol. The number of nitrogens with one attached hydrogen (secondary N) is 1. The molecule has 1 atom stereocenters. The maximum Gasteiger partial charge on any atom is 0.247 e. The molecule has 0 aromatic heterocycles. The number of nitrogens with two attached hydrogens (primary N) is 1. The second kappa shape index (κ2) is 5.78. The molecule has 0 heterocycles.